The van der Waals surface area contributed by atoms with Gasteiger partial charge < -0.3 is 10.2 Å². The Labute approximate surface area is 107 Å². The smallest absolute Gasteiger partial charge is 0.274 e. The number of likely N-dealkylation sites (N-methyl/N-ethyl adjacent to an activating group) is 1. The maximum atomic E-state index is 12.4. The zero-order chi connectivity index (χ0) is 13.7. The number of amides is 2. The van der Waals surface area contributed by atoms with Gasteiger partial charge in [-0.2, -0.15) is 0 Å². The molecular formula is C12H16N4O2. The number of hydrazine groups is 1. The fourth-order valence-electron chi connectivity index (χ4n) is 2.40. The summed E-state index contributed by atoms with van der Waals surface area (Å²) < 4.78 is 7.97. The average molecular weight is 249 g/mol. The molecule has 3 aliphatic heterocycles. The molecule has 0 aromatic heterocycles. The highest BCUT2D eigenvalue weighted by atomic mass is 16.2. The molecule has 0 aromatic carbocycles. The maximum absolute atomic E-state index is 12.4. The molecule has 0 saturated heterocycles. The van der Waals surface area contributed by atoms with Gasteiger partial charge in [0.05, 0.1) is 12.1 Å². The molecule has 0 aliphatic carbocycles. The number of nitrogens with one attached hydrogen (secondary N) is 2. The Bertz CT molecular complexity index is 528. The Morgan fingerprint density at radius 1 is 1.44 bits per heavy atom. The molecular weight excluding hydrogens is 232 g/mol. The van der Waals surface area contributed by atoms with E-state index >= 15 is 0 Å². The molecule has 96 valence electrons. The molecule has 18 heavy (non-hydrogen) atoms. The largest absolute Gasteiger partial charge is 0.336 e. The fraction of sp³-hybridized carbons (Fsp3) is 0.500. The van der Waals surface area contributed by atoms with Gasteiger partial charge in [0.25, 0.3) is 11.8 Å². The Kier molecular flexibility index (Phi) is 2.16. The predicted molar refractivity (Wildman–Crippen MR) is 64.6 cm³/mol. The van der Waals surface area contributed by atoms with Crippen LogP contribution in [0.4, 0.5) is 0 Å². The first-order chi connectivity index (χ1) is 9.08. The molecule has 0 aromatic rings. The van der Waals surface area contributed by atoms with Crippen molar-refractivity contribution < 1.29 is 11.0 Å². The first-order valence-corrected chi connectivity index (χ1v) is 6.22. The summed E-state index contributed by atoms with van der Waals surface area (Å²) >= 11 is 0. The van der Waals surface area contributed by atoms with Gasteiger partial charge >= 0.3 is 0 Å². The summed E-state index contributed by atoms with van der Waals surface area (Å²) in [6.07, 6.45) is 2.55. The Hall–Kier alpha value is -1.82. The van der Waals surface area contributed by atoms with Crippen molar-refractivity contribution >= 4 is 11.8 Å². The van der Waals surface area contributed by atoms with Crippen molar-refractivity contribution in [1.82, 2.24) is 20.6 Å². The lowest BCUT2D eigenvalue weighted by atomic mass is 10.2. The number of hydrogen-bond acceptors (Lipinski definition) is 4. The third-order valence-electron chi connectivity index (χ3n) is 3.50. The van der Waals surface area contributed by atoms with Crippen LogP contribution in [0.1, 0.15) is 20.3 Å². The van der Waals surface area contributed by atoms with Crippen LogP contribution in [0.15, 0.2) is 23.2 Å². The van der Waals surface area contributed by atoms with Crippen LogP contribution in [0.25, 0.3) is 0 Å². The van der Waals surface area contributed by atoms with Crippen molar-refractivity contribution in [2.75, 3.05) is 13.1 Å². The number of carbonyl (C=O) groups is 2. The van der Waals surface area contributed by atoms with Gasteiger partial charge in [0.15, 0.2) is 0 Å². The van der Waals surface area contributed by atoms with Gasteiger partial charge in [-0.25, -0.2) is 10.4 Å². The maximum Gasteiger partial charge on any atom is 0.274 e. The summed E-state index contributed by atoms with van der Waals surface area (Å²) in [6.45, 7) is 4.73. The van der Waals surface area contributed by atoms with Crippen LogP contribution >= 0.6 is 0 Å². The zero-order valence-electron chi connectivity index (χ0n) is 11.4. The fourth-order valence-corrected chi connectivity index (χ4v) is 2.40. The first kappa shape index (κ1) is 10.1. The predicted octanol–water partition coefficient (Wildman–Crippen LogP) is -0.327. The van der Waals surface area contributed by atoms with E-state index < -0.39 is 0 Å². The van der Waals surface area contributed by atoms with Crippen molar-refractivity contribution in [3.05, 3.63) is 23.2 Å². The standard InChI is InChI=1S/C12H16N4O2/c1-3-7-5-9-13-10-8(11(17)16(9)14-7)6-15(4-2)12(10)18/h5,7,13-14H,3-4,6H2,1-2H3/i/hD. The van der Waals surface area contributed by atoms with E-state index in [1.165, 1.54) is 10.4 Å². The molecule has 0 bridgehead atoms. The lowest BCUT2D eigenvalue weighted by Gasteiger charge is -2.26. The van der Waals surface area contributed by atoms with E-state index in [0.717, 1.165) is 6.42 Å². The van der Waals surface area contributed by atoms with Gasteiger partial charge in [-0.15, -0.1) is 0 Å². The van der Waals surface area contributed by atoms with E-state index in [-0.39, 0.29) is 17.9 Å². The van der Waals surface area contributed by atoms with Crippen molar-refractivity contribution in [2.24, 2.45) is 0 Å². The summed E-state index contributed by atoms with van der Waals surface area (Å²) in [4.78, 5) is 26.1. The third-order valence-corrected chi connectivity index (χ3v) is 3.50. The SMILES string of the molecule is [2H]N1C(CC)C=C2NC3=C(CN(CC)C3=O)C(=O)N21. The molecule has 0 radical (unpaired) electrons. The lowest BCUT2D eigenvalue weighted by molar-refractivity contribution is -0.129. The summed E-state index contributed by atoms with van der Waals surface area (Å²) in [5.41, 5.74) is 2.01. The molecule has 0 fully saturated rings. The Morgan fingerprint density at radius 3 is 2.89 bits per heavy atom. The molecule has 0 saturated carbocycles. The average Bonchev–Trinajstić information content (AvgIpc) is 2.89. The number of hydrogen-bond donors (Lipinski definition) is 2. The topological polar surface area (TPSA) is 64.7 Å². The quantitative estimate of drug-likeness (QED) is 0.703. The number of carbonyl (C=O) groups excluding carboxylic acids is 2. The van der Waals surface area contributed by atoms with E-state index in [4.69, 9.17) is 1.41 Å². The summed E-state index contributed by atoms with van der Waals surface area (Å²) in [5.74, 6) is 0.120. The number of rotatable bonds is 2. The van der Waals surface area contributed by atoms with Crippen molar-refractivity contribution in [3.63, 3.8) is 0 Å². The normalized spacial score (nSPS) is 28.2. The second kappa shape index (κ2) is 3.84. The minimum atomic E-state index is -0.268. The number of nitrogens with zero attached hydrogens (tertiary/aromatic N) is 2. The van der Waals surface area contributed by atoms with Gasteiger partial charge in [-0.05, 0) is 19.4 Å². The Morgan fingerprint density at radius 2 is 2.22 bits per heavy atom. The summed E-state index contributed by atoms with van der Waals surface area (Å²) in [6, 6.07) is -0.135. The molecule has 6 nitrogen and oxygen atoms in total. The molecule has 3 aliphatic rings. The van der Waals surface area contributed by atoms with Crippen LogP contribution in [0.5, 0.6) is 0 Å². The molecule has 6 heteroatoms. The van der Waals surface area contributed by atoms with E-state index in [9.17, 15) is 9.59 Å². The van der Waals surface area contributed by atoms with E-state index in [0.29, 0.717) is 30.2 Å². The van der Waals surface area contributed by atoms with Gasteiger partial charge in [-0.1, -0.05) is 6.92 Å². The van der Waals surface area contributed by atoms with Gasteiger partial charge in [0.1, 0.15) is 12.9 Å². The van der Waals surface area contributed by atoms with Gasteiger partial charge in [0.2, 0.25) is 0 Å². The minimum Gasteiger partial charge on any atom is -0.336 e. The van der Waals surface area contributed by atoms with Crippen LogP contribution in [-0.4, -0.2) is 40.9 Å². The van der Waals surface area contributed by atoms with Crippen LogP contribution in [0, 0.1) is 0 Å². The van der Waals surface area contributed by atoms with Crippen molar-refractivity contribution in [3.8, 4) is 0 Å². The van der Waals surface area contributed by atoms with Crippen LogP contribution in [0.2, 0.25) is 1.41 Å². The molecule has 2 amide bonds. The van der Waals surface area contributed by atoms with Crippen LogP contribution < -0.4 is 10.7 Å². The Balaban J connectivity index is 1.96. The van der Waals surface area contributed by atoms with Gasteiger partial charge in [-0.3, -0.25) is 9.59 Å². The molecule has 0 spiro atoms. The second-order valence-corrected chi connectivity index (χ2v) is 4.56. The lowest BCUT2D eigenvalue weighted by Crippen LogP contribution is -2.48. The monoisotopic (exact) mass is 249 g/mol. The van der Waals surface area contributed by atoms with E-state index in [2.05, 4.69) is 5.32 Å². The molecule has 3 heterocycles. The minimum absolute atomic E-state index is 0.135. The summed E-state index contributed by atoms with van der Waals surface area (Å²) in [5, 5.41) is 4.31. The molecule has 1 unspecified atom stereocenters. The zero-order valence-corrected chi connectivity index (χ0v) is 10.4. The molecule has 2 N–H and O–H groups in total. The highest BCUT2D eigenvalue weighted by Gasteiger charge is 2.42. The third kappa shape index (κ3) is 1.38. The highest BCUT2D eigenvalue weighted by Crippen LogP contribution is 2.27. The first-order valence-electron chi connectivity index (χ1n) is 6.66. The van der Waals surface area contributed by atoms with Crippen molar-refractivity contribution in [1.29, 1.82) is 0 Å². The number of fused-ring (bicyclic) bond motifs is 1. The van der Waals surface area contributed by atoms with Crippen LogP contribution in [0.3, 0.4) is 0 Å². The van der Waals surface area contributed by atoms with Gasteiger partial charge in [0, 0.05) is 12.6 Å². The van der Waals surface area contributed by atoms with Crippen LogP contribution in [-0.2, 0) is 9.59 Å². The second-order valence-electron chi connectivity index (χ2n) is 4.56. The van der Waals surface area contributed by atoms with Crippen molar-refractivity contribution in [2.45, 2.75) is 26.3 Å². The molecule has 1 atom stereocenters. The summed E-state index contributed by atoms with van der Waals surface area (Å²) in [7, 11) is 0. The van der Waals surface area contributed by atoms with E-state index in [1.54, 1.807) is 4.90 Å². The van der Waals surface area contributed by atoms with E-state index in [1.807, 2.05) is 19.9 Å². The highest BCUT2D eigenvalue weighted by molar-refractivity contribution is 6.10. The molecule has 3 rings (SSSR count).